The lowest BCUT2D eigenvalue weighted by Crippen LogP contribution is -2.28. The van der Waals surface area contributed by atoms with E-state index in [1.54, 1.807) is 18.2 Å². The number of rotatable bonds is 7. The van der Waals surface area contributed by atoms with Gasteiger partial charge in [0.2, 0.25) is 5.88 Å². The Balaban J connectivity index is 1.85. The number of carbonyl (C=O) groups excluding carboxylic acids is 1. The number of nitrogens with one attached hydrogen (secondary N) is 3. The number of nitrogens with two attached hydrogens (primary N) is 1. The smallest absolute Gasteiger partial charge is 0.271 e. The van der Waals surface area contributed by atoms with Crippen LogP contribution in [-0.4, -0.2) is 48.8 Å². The van der Waals surface area contributed by atoms with Crippen LogP contribution in [0.25, 0.3) is 0 Å². The van der Waals surface area contributed by atoms with Crippen LogP contribution in [0.2, 0.25) is 10.0 Å². The minimum absolute atomic E-state index is 0.0679. The zero-order chi connectivity index (χ0) is 23.6. The molecule has 2 heterocycles. The number of halogens is 2. The molecule has 0 aliphatic rings. The number of hydrogen-bond donors (Lipinski definition) is 7. The number of hydrogen-bond acceptors (Lipinski definition) is 10. The van der Waals surface area contributed by atoms with Crippen LogP contribution in [0.1, 0.15) is 22.2 Å². The van der Waals surface area contributed by atoms with Crippen LogP contribution in [0.5, 0.6) is 5.88 Å². The van der Waals surface area contributed by atoms with Crippen LogP contribution in [0, 0.1) is 0 Å². The summed E-state index contributed by atoms with van der Waals surface area (Å²) in [6, 6.07) is 4.69. The number of aliphatic hydroxyl groups excluding tert-OH is 2. The zero-order valence-electron chi connectivity index (χ0n) is 16.1. The van der Waals surface area contributed by atoms with Crippen LogP contribution >= 0.6 is 46.1 Å². The van der Waals surface area contributed by atoms with Crippen molar-refractivity contribution in [1.82, 2.24) is 9.36 Å². The van der Waals surface area contributed by atoms with Crippen molar-refractivity contribution >= 4 is 73.6 Å². The summed E-state index contributed by atoms with van der Waals surface area (Å²) in [5.74, 6) is -1.59. The Morgan fingerprint density at radius 1 is 1.31 bits per heavy atom. The number of aromatic hydroxyl groups is 1. The van der Waals surface area contributed by atoms with Gasteiger partial charge in [-0.2, -0.15) is 4.98 Å². The number of aliphatic imine (C=N–C) groups is 1. The van der Waals surface area contributed by atoms with E-state index in [0.717, 1.165) is 22.9 Å². The van der Waals surface area contributed by atoms with Gasteiger partial charge in [-0.15, -0.1) is 0 Å². The summed E-state index contributed by atoms with van der Waals surface area (Å²) in [4.78, 5) is 32.1. The first kappa shape index (κ1) is 24.0. The first-order valence-electron chi connectivity index (χ1n) is 8.72. The molecular weight excluding hydrogens is 503 g/mol. The molecule has 1 aromatic carbocycles. The van der Waals surface area contributed by atoms with Gasteiger partial charge in [0, 0.05) is 0 Å². The number of aromatic amines is 1. The highest BCUT2D eigenvalue weighted by Gasteiger charge is 2.23. The molecule has 2 atom stereocenters. The molecule has 32 heavy (non-hydrogen) atoms. The molecule has 0 saturated heterocycles. The number of H-pyrrole nitrogens is 1. The van der Waals surface area contributed by atoms with E-state index in [1.807, 2.05) is 0 Å². The minimum atomic E-state index is -1.53. The van der Waals surface area contributed by atoms with Crippen molar-refractivity contribution < 1.29 is 20.1 Å². The summed E-state index contributed by atoms with van der Waals surface area (Å²) in [6.07, 6.45) is -2.73. The van der Waals surface area contributed by atoms with Crippen molar-refractivity contribution in [3.8, 4) is 5.88 Å². The lowest BCUT2D eigenvalue weighted by molar-refractivity contribution is 0.0376. The molecular formula is C17H16Cl2N6O5S2. The monoisotopic (exact) mass is 518 g/mol. The Morgan fingerprint density at radius 3 is 2.59 bits per heavy atom. The van der Waals surface area contributed by atoms with Crippen LogP contribution in [-0.2, 0) is 0 Å². The zero-order valence-corrected chi connectivity index (χ0v) is 19.2. The molecule has 11 nitrogen and oxygen atoms in total. The summed E-state index contributed by atoms with van der Waals surface area (Å²) in [6.45, 7) is 1.30. The van der Waals surface area contributed by atoms with E-state index < -0.39 is 29.7 Å². The second-order valence-electron chi connectivity index (χ2n) is 6.25. The second-order valence-corrected chi connectivity index (χ2v) is 8.88. The van der Waals surface area contributed by atoms with Gasteiger partial charge in [0.25, 0.3) is 11.5 Å². The van der Waals surface area contributed by atoms with E-state index in [9.17, 15) is 24.9 Å². The number of anilines is 3. The normalized spacial score (nSPS) is 13.6. The Labute approximate surface area is 198 Å². The van der Waals surface area contributed by atoms with Crippen molar-refractivity contribution in [1.29, 1.82) is 0 Å². The van der Waals surface area contributed by atoms with Gasteiger partial charge in [0.15, 0.2) is 16.2 Å². The molecule has 0 bridgehead atoms. The largest absolute Gasteiger partial charge is 0.492 e. The van der Waals surface area contributed by atoms with Crippen LogP contribution in [0.3, 0.4) is 0 Å². The summed E-state index contributed by atoms with van der Waals surface area (Å²) < 4.78 is 2.45. The van der Waals surface area contributed by atoms with Gasteiger partial charge in [-0.05, 0) is 30.6 Å². The van der Waals surface area contributed by atoms with Gasteiger partial charge < -0.3 is 31.7 Å². The molecule has 0 radical (unpaired) electrons. The predicted octanol–water partition coefficient (Wildman–Crippen LogP) is 2.31. The molecule has 3 aromatic rings. The molecule has 2 unspecified atom stereocenters. The Kier molecular flexibility index (Phi) is 7.38. The Hall–Kier alpha value is -2.68. The lowest BCUT2D eigenvalue weighted by atomic mass is 10.3. The fourth-order valence-corrected chi connectivity index (χ4v) is 4.40. The van der Waals surface area contributed by atoms with Crippen molar-refractivity contribution in [2.45, 2.75) is 19.3 Å². The topological polar surface area (TPSA) is 186 Å². The van der Waals surface area contributed by atoms with Gasteiger partial charge in [-0.1, -0.05) is 40.6 Å². The average Bonchev–Trinajstić information content (AvgIpc) is 3.26. The molecule has 8 N–H and O–H groups in total. The number of benzene rings is 1. The number of nitrogens with zero attached hydrogens (tertiary/aromatic N) is 2. The summed E-state index contributed by atoms with van der Waals surface area (Å²) in [7, 11) is 0. The third kappa shape index (κ3) is 5.20. The summed E-state index contributed by atoms with van der Waals surface area (Å²) >= 11 is 13.7. The highest BCUT2D eigenvalue weighted by molar-refractivity contribution is 7.18. The van der Waals surface area contributed by atoms with E-state index in [4.69, 9.17) is 28.9 Å². The second kappa shape index (κ2) is 9.85. The predicted molar refractivity (Wildman–Crippen MR) is 125 cm³/mol. The van der Waals surface area contributed by atoms with E-state index in [0.29, 0.717) is 0 Å². The van der Waals surface area contributed by atoms with Crippen LogP contribution in [0.15, 0.2) is 28.0 Å². The third-order valence-corrected chi connectivity index (χ3v) is 6.28. The number of thiazole rings is 1. The summed E-state index contributed by atoms with van der Waals surface area (Å²) in [5.41, 5.74) is 5.28. The molecule has 0 aliphatic carbocycles. The molecule has 0 fully saturated rings. The minimum Gasteiger partial charge on any atom is -0.492 e. The van der Waals surface area contributed by atoms with Gasteiger partial charge in [-0.25, -0.2) is 4.99 Å². The molecule has 170 valence electrons. The van der Waals surface area contributed by atoms with Gasteiger partial charge in [0.05, 0.1) is 21.8 Å². The van der Waals surface area contributed by atoms with E-state index >= 15 is 0 Å². The van der Waals surface area contributed by atoms with Crippen molar-refractivity contribution in [2.75, 3.05) is 10.6 Å². The van der Waals surface area contributed by atoms with Crippen molar-refractivity contribution in [3.63, 3.8) is 0 Å². The molecule has 0 spiro atoms. The molecule has 15 heteroatoms. The van der Waals surface area contributed by atoms with Gasteiger partial charge in [0.1, 0.15) is 16.4 Å². The van der Waals surface area contributed by atoms with Gasteiger partial charge in [-0.3, -0.25) is 14.0 Å². The standard InChI is InChI=1S/C17H16Cl2N6O5S2/c1-5(26)12(27)22-11(20)8-13(28)25-32-16(8)24-17-23-15(30)10(31-17)14(29)21-9-6(18)3-2-4-7(9)19/h2-5,12,26-27,30H,1H3,(H2,20,22)(H,21,29)(H,23,24)(H,25,28). The van der Waals surface area contributed by atoms with E-state index in [2.05, 4.69) is 25.0 Å². The first-order valence-corrected chi connectivity index (χ1v) is 11.1. The van der Waals surface area contributed by atoms with Gasteiger partial charge >= 0.3 is 0 Å². The average molecular weight is 519 g/mol. The number of amidine groups is 1. The first-order chi connectivity index (χ1) is 15.1. The third-order valence-electron chi connectivity index (χ3n) is 3.90. The quantitative estimate of drug-likeness (QED) is 0.183. The highest BCUT2D eigenvalue weighted by Crippen LogP contribution is 2.35. The van der Waals surface area contributed by atoms with Crippen LogP contribution in [0.4, 0.5) is 15.8 Å². The number of aliphatic hydroxyl groups is 2. The molecule has 0 aliphatic heterocycles. The number of para-hydroxylation sites is 1. The number of aromatic nitrogens is 2. The SMILES string of the molecule is CC(O)C(O)/N=C(\N)c1c(Nc2nc(O)c(C(=O)Nc3c(Cl)cccc3Cl)s2)s[nH]c1=O. The number of amides is 1. The fourth-order valence-electron chi connectivity index (χ4n) is 2.34. The van der Waals surface area contributed by atoms with E-state index in [1.165, 1.54) is 6.92 Å². The maximum atomic E-state index is 12.6. The fraction of sp³-hybridized carbons (Fsp3) is 0.176. The highest BCUT2D eigenvalue weighted by atomic mass is 35.5. The Bertz CT molecular complexity index is 1220. The van der Waals surface area contributed by atoms with Crippen LogP contribution < -0.4 is 21.9 Å². The lowest BCUT2D eigenvalue weighted by Gasteiger charge is -2.09. The molecule has 0 saturated carbocycles. The molecule has 3 rings (SSSR count). The maximum absolute atomic E-state index is 12.6. The van der Waals surface area contributed by atoms with Crippen molar-refractivity contribution in [3.05, 3.63) is 49.0 Å². The maximum Gasteiger partial charge on any atom is 0.271 e. The molecule has 1 amide bonds. The number of carbonyl (C=O) groups is 1. The van der Waals surface area contributed by atoms with E-state index in [-0.39, 0.29) is 42.1 Å². The Morgan fingerprint density at radius 2 is 1.97 bits per heavy atom. The molecule has 2 aromatic heterocycles. The van der Waals surface area contributed by atoms with Crippen molar-refractivity contribution in [2.24, 2.45) is 10.7 Å². The summed E-state index contributed by atoms with van der Waals surface area (Å²) in [5, 5.41) is 35.1.